The standard InChI is InChI=1S/C19H21NO5/c1-4-13(12-8-6-5-7-9-12)18(21)20-15-11-17(25-3)16(24-2)10-14(15)19(22)23/h5-11,13H,4H2,1-3H3,(H,20,21)(H,22,23)/p-1/t13-/m0/s1. The van der Waals surface area contributed by atoms with Crippen LogP contribution in [0.2, 0.25) is 0 Å². The van der Waals surface area contributed by atoms with E-state index < -0.39 is 11.9 Å². The molecule has 0 aliphatic heterocycles. The number of amides is 1. The fourth-order valence-corrected chi connectivity index (χ4v) is 2.63. The van der Waals surface area contributed by atoms with E-state index in [1.807, 2.05) is 37.3 Å². The number of carboxylic acid groups (broad SMARTS) is 1. The topological polar surface area (TPSA) is 87.7 Å². The first kappa shape index (κ1) is 18.3. The molecule has 0 radical (unpaired) electrons. The fourth-order valence-electron chi connectivity index (χ4n) is 2.63. The van der Waals surface area contributed by atoms with E-state index in [0.717, 1.165) is 5.56 Å². The third-order valence-corrected chi connectivity index (χ3v) is 3.93. The van der Waals surface area contributed by atoms with Gasteiger partial charge in [-0.25, -0.2) is 0 Å². The van der Waals surface area contributed by atoms with Crippen molar-refractivity contribution in [2.24, 2.45) is 0 Å². The highest BCUT2D eigenvalue weighted by molar-refractivity contribution is 6.02. The maximum Gasteiger partial charge on any atom is 0.231 e. The van der Waals surface area contributed by atoms with Gasteiger partial charge in [0.05, 0.1) is 31.8 Å². The number of methoxy groups -OCH3 is 2. The van der Waals surface area contributed by atoms with Crippen LogP contribution in [0.5, 0.6) is 11.5 Å². The maximum atomic E-state index is 12.7. The summed E-state index contributed by atoms with van der Waals surface area (Å²) in [5.74, 6) is -1.55. The number of carbonyl (C=O) groups excluding carboxylic acids is 2. The Bertz CT molecular complexity index is 758. The minimum absolute atomic E-state index is 0.108. The van der Waals surface area contributed by atoms with Crippen LogP contribution in [0.3, 0.4) is 0 Å². The number of hydrogen-bond acceptors (Lipinski definition) is 5. The molecule has 0 spiro atoms. The lowest BCUT2D eigenvalue weighted by Gasteiger charge is -2.19. The number of aromatic carboxylic acids is 1. The van der Waals surface area contributed by atoms with Gasteiger partial charge >= 0.3 is 0 Å². The number of hydrogen-bond donors (Lipinski definition) is 1. The van der Waals surface area contributed by atoms with Crippen LogP contribution in [0.4, 0.5) is 5.69 Å². The van der Waals surface area contributed by atoms with Crippen molar-refractivity contribution in [1.29, 1.82) is 0 Å². The smallest absolute Gasteiger partial charge is 0.231 e. The zero-order chi connectivity index (χ0) is 18.4. The van der Waals surface area contributed by atoms with Gasteiger partial charge in [-0.1, -0.05) is 37.3 Å². The van der Waals surface area contributed by atoms with Crippen molar-refractivity contribution in [2.45, 2.75) is 19.3 Å². The molecular weight excluding hydrogens is 322 g/mol. The van der Waals surface area contributed by atoms with Crippen molar-refractivity contribution in [1.82, 2.24) is 0 Å². The van der Waals surface area contributed by atoms with Crippen LogP contribution in [0.1, 0.15) is 35.2 Å². The summed E-state index contributed by atoms with van der Waals surface area (Å²) in [6.07, 6.45) is 0.573. The van der Waals surface area contributed by atoms with E-state index in [0.29, 0.717) is 12.2 Å². The molecule has 1 atom stereocenters. The molecule has 0 bridgehead atoms. The summed E-state index contributed by atoms with van der Waals surface area (Å²) >= 11 is 0. The number of benzene rings is 2. The third-order valence-electron chi connectivity index (χ3n) is 3.93. The lowest BCUT2D eigenvalue weighted by Crippen LogP contribution is -2.27. The predicted molar refractivity (Wildman–Crippen MR) is 92.0 cm³/mol. The number of carbonyl (C=O) groups is 2. The van der Waals surface area contributed by atoms with Crippen molar-refractivity contribution in [2.75, 3.05) is 19.5 Å². The largest absolute Gasteiger partial charge is 0.545 e. The average molecular weight is 342 g/mol. The van der Waals surface area contributed by atoms with Crippen molar-refractivity contribution in [3.8, 4) is 11.5 Å². The van der Waals surface area contributed by atoms with Crippen molar-refractivity contribution < 1.29 is 24.2 Å². The molecular formula is C19H20NO5-. The van der Waals surface area contributed by atoms with Gasteiger partial charge in [-0.05, 0) is 18.1 Å². The van der Waals surface area contributed by atoms with E-state index in [1.54, 1.807) is 0 Å². The molecule has 1 amide bonds. The van der Waals surface area contributed by atoms with E-state index >= 15 is 0 Å². The van der Waals surface area contributed by atoms with Gasteiger partial charge in [-0.3, -0.25) is 4.79 Å². The first-order valence-corrected chi connectivity index (χ1v) is 7.85. The second-order valence-corrected chi connectivity index (χ2v) is 5.40. The van der Waals surface area contributed by atoms with Gasteiger partial charge < -0.3 is 24.7 Å². The summed E-state index contributed by atoms with van der Waals surface area (Å²) in [6.45, 7) is 1.89. The summed E-state index contributed by atoms with van der Waals surface area (Å²) in [5, 5.41) is 14.1. The summed E-state index contributed by atoms with van der Waals surface area (Å²) in [5.41, 5.74) is 0.795. The molecule has 2 aromatic rings. The Morgan fingerprint density at radius 1 is 1.08 bits per heavy atom. The van der Waals surface area contributed by atoms with Crippen LogP contribution in [-0.4, -0.2) is 26.1 Å². The van der Waals surface area contributed by atoms with Crippen molar-refractivity contribution in [3.05, 3.63) is 53.6 Å². The van der Waals surface area contributed by atoms with Gasteiger partial charge in [0.15, 0.2) is 11.5 Å². The molecule has 6 heteroatoms. The predicted octanol–water partition coefficient (Wildman–Crippen LogP) is 2.20. The summed E-state index contributed by atoms with van der Waals surface area (Å²) in [7, 11) is 2.83. The van der Waals surface area contributed by atoms with Gasteiger partial charge in [0.25, 0.3) is 0 Å². The molecule has 25 heavy (non-hydrogen) atoms. The van der Waals surface area contributed by atoms with Crippen LogP contribution >= 0.6 is 0 Å². The summed E-state index contributed by atoms with van der Waals surface area (Å²) < 4.78 is 10.3. The Morgan fingerprint density at radius 3 is 2.20 bits per heavy atom. The van der Waals surface area contributed by atoms with Gasteiger partial charge in [-0.2, -0.15) is 0 Å². The molecule has 1 N–H and O–H groups in total. The van der Waals surface area contributed by atoms with E-state index in [4.69, 9.17) is 9.47 Å². The minimum Gasteiger partial charge on any atom is -0.545 e. The molecule has 2 rings (SSSR count). The molecule has 2 aromatic carbocycles. The zero-order valence-corrected chi connectivity index (χ0v) is 14.4. The zero-order valence-electron chi connectivity index (χ0n) is 14.4. The van der Waals surface area contributed by atoms with Crippen molar-refractivity contribution >= 4 is 17.6 Å². The van der Waals surface area contributed by atoms with Crippen LogP contribution in [0, 0.1) is 0 Å². The molecule has 0 saturated heterocycles. The monoisotopic (exact) mass is 342 g/mol. The lowest BCUT2D eigenvalue weighted by molar-refractivity contribution is -0.254. The highest BCUT2D eigenvalue weighted by Crippen LogP contribution is 2.34. The number of anilines is 1. The van der Waals surface area contributed by atoms with Crippen LogP contribution in [-0.2, 0) is 4.79 Å². The Kier molecular flexibility index (Phi) is 6.00. The molecule has 0 saturated carbocycles. The molecule has 0 fully saturated rings. The third kappa shape index (κ3) is 4.09. The number of rotatable bonds is 7. The van der Waals surface area contributed by atoms with Crippen LogP contribution in [0.15, 0.2) is 42.5 Å². The molecule has 0 aliphatic rings. The summed E-state index contributed by atoms with van der Waals surface area (Å²) in [6, 6.07) is 12.0. The normalized spacial score (nSPS) is 11.5. The molecule has 0 aliphatic carbocycles. The van der Waals surface area contributed by atoms with E-state index in [2.05, 4.69) is 5.32 Å². The average Bonchev–Trinajstić information content (AvgIpc) is 2.62. The molecule has 0 heterocycles. The highest BCUT2D eigenvalue weighted by Gasteiger charge is 2.21. The maximum absolute atomic E-state index is 12.7. The Hall–Kier alpha value is -3.02. The first-order chi connectivity index (χ1) is 12.0. The van der Waals surface area contributed by atoms with Crippen molar-refractivity contribution in [3.63, 3.8) is 0 Å². The van der Waals surface area contributed by atoms with Gasteiger partial charge in [0, 0.05) is 11.6 Å². The Balaban J connectivity index is 2.37. The van der Waals surface area contributed by atoms with E-state index in [-0.39, 0.29) is 22.9 Å². The Labute approximate surface area is 146 Å². The Morgan fingerprint density at radius 2 is 1.68 bits per heavy atom. The number of nitrogens with one attached hydrogen (secondary N) is 1. The lowest BCUT2D eigenvalue weighted by atomic mass is 9.95. The fraction of sp³-hybridized carbons (Fsp3) is 0.263. The quantitative estimate of drug-likeness (QED) is 0.833. The molecule has 6 nitrogen and oxygen atoms in total. The van der Waals surface area contributed by atoms with Gasteiger partial charge in [-0.15, -0.1) is 0 Å². The minimum atomic E-state index is -1.41. The molecule has 0 unspecified atom stereocenters. The number of carboxylic acids is 1. The highest BCUT2D eigenvalue weighted by atomic mass is 16.5. The SMILES string of the molecule is CC[C@H](C(=O)Nc1cc(OC)c(OC)cc1C(=O)[O-])c1ccccc1. The van der Waals surface area contributed by atoms with E-state index in [1.165, 1.54) is 26.4 Å². The summed E-state index contributed by atoms with van der Waals surface area (Å²) in [4.78, 5) is 24.1. The second kappa shape index (κ2) is 8.19. The second-order valence-electron chi connectivity index (χ2n) is 5.40. The van der Waals surface area contributed by atoms with Gasteiger partial charge in [0.1, 0.15) is 0 Å². The van der Waals surface area contributed by atoms with Gasteiger partial charge in [0.2, 0.25) is 5.91 Å². The molecule has 0 aromatic heterocycles. The first-order valence-electron chi connectivity index (χ1n) is 7.85. The number of ether oxygens (including phenoxy) is 2. The van der Waals surface area contributed by atoms with E-state index in [9.17, 15) is 14.7 Å². The van der Waals surface area contributed by atoms with Crippen LogP contribution in [0.25, 0.3) is 0 Å². The van der Waals surface area contributed by atoms with Crippen LogP contribution < -0.4 is 19.9 Å². The molecule has 132 valence electrons.